The van der Waals surface area contributed by atoms with Crippen molar-refractivity contribution in [2.45, 2.75) is 31.1 Å². The first kappa shape index (κ1) is 13.2. The Balaban J connectivity index is 2.07. The topological polar surface area (TPSA) is 43.8 Å². The third-order valence-electron chi connectivity index (χ3n) is 3.61. The first-order chi connectivity index (χ1) is 8.98. The molecule has 1 fully saturated rings. The summed E-state index contributed by atoms with van der Waals surface area (Å²) in [5.41, 5.74) is 7.50. The van der Waals surface area contributed by atoms with Gasteiger partial charge in [0.05, 0.1) is 15.5 Å². The van der Waals surface area contributed by atoms with Crippen LogP contribution in [0.4, 0.5) is 10.3 Å². The van der Waals surface area contributed by atoms with Crippen LogP contribution in [-0.4, -0.2) is 20.1 Å². The van der Waals surface area contributed by atoms with E-state index in [1.165, 1.54) is 18.2 Å². The second-order valence-electron chi connectivity index (χ2n) is 5.21. The zero-order valence-corrected chi connectivity index (χ0v) is 13.0. The quantitative estimate of drug-likeness (QED) is 0.901. The molecule has 1 aliphatic rings. The molecule has 1 unspecified atom stereocenters. The van der Waals surface area contributed by atoms with E-state index >= 15 is 0 Å². The minimum atomic E-state index is -0.280. The van der Waals surface area contributed by atoms with Gasteiger partial charge in [-0.3, -0.25) is 0 Å². The highest BCUT2D eigenvalue weighted by atomic mass is 79.9. The lowest BCUT2D eigenvalue weighted by Gasteiger charge is -2.24. The van der Waals surface area contributed by atoms with Crippen LogP contribution in [0.3, 0.4) is 0 Å². The molecule has 0 aliphatic carbocycles. The van der Waals surface area contributed by atoms with E-state index in [1.54, 1.807) is 6.07 Å². The van der Waals surface area contributed by atoms with Gasteiger partial charge in [0.15, 0.2) is 0 Å². The molecule has 19 heavy (non-hydrogen) atoms. The van der Waals surface area contributed by atoms with E-state index in [-0.39, 0.29) is 10.6 Å². The van der Waals surface area contributed by atoms with Crippen molar-refractivity contribution in [1.82, 2.24) is 9.55 Å². The normalized spacial score (nSPS) is 23.3. The Morgan fingerprint density at radius 1 is 1.58 bits per heavy atom. The Morgan fingerprint density at radius 3 is 3.05 bits per heavy atom. The molecule has 6 heteroatoms. The molecule has 1 aromatic heterocycles. The third kappa shape index (κ3) is 2.36. The van der Waals surface area contributed by atoms with Crippen LogP contribution < -0.4 is 5.73 Å². The zero-order valence-electron chi connectivity index (χ0n) is 10.6. The highest BCUT2D eigenvalue weighted by Gasteiger charge is 2.31. The fourth-order valence-corrected chi connectivity index (χ4v) is 4.22. The molecule has 1 aromatic carbocycles. The number of hydrogen-bond donors (Lipinski definition) is 1. The Bertz CT molecular complexity index is 634. The number of aromatic nitrogens is 2. The van der Waals surface area contributed by atoms with Gasteiger partial charge in [-0.15, -0.1) is 0 Å². The monoisotopic (exact) mass is 343 g/mol. The summed E-state index contributed by atoms with van der Waals surface area (Å²) in [5.74, 6) is 1.36. The van der Waals surface area contributed by atoms with Crippen LogP contribution in [0.1, 0.15) is 19.8 Å². The van der Waals surface area contributed by atoms with Gasteiger partial charge >= 0.3 is 0 Å². The predicted octanol–water partition coefficient (Wildman–Crippen LogP) is 3.81. The van der Waals surface area contributed by atoms with Crippen LogP contribution in [0.25, 0.3) is 11.0 Å². The van der Waals surface area contributed by atoms with Crippen LogP contribution in [-0.2, 0) is 6.54 Å². The second kappa shape index (κ2) is 4.66. The summed E-state index contributed by atoms with van der Waals surface area (Å²) in [7, 11) is 0. The molecule has 1 aliphatic heterocycles. The van der Waals surface area contributed by atoms with Crippen molar-refractivity contribution >= 4 is 44.7 Å². The van der Waals surface area contributed by atoms with Crippen molar-refractivity contribution in [3.63, 3.8) is 0 Å². The van der Waals surface area contributed by atoms with E-state index in [0.29, 0.717) is 10.4 Å². The molecule has 2 N–H and O–H groups in total. The minimum Gasteiger partial charge on any atom is -0.369 e. The first-order valence-corrected chi connectivity index (χ1v) is 8.01. The maximum atomic E-state index is 13.7. The first-order valence-electron chi connectivity index (χ1n) is 6.23. The van der Waals surface area contributed by atoms with Gasteiger partial charge in [0.2, 0.25) is 5.95 Å². The number of nitrogens with zero attached hydrogens (tertiary/aromatic N) is 2. The molecule has 3 rings (SSSR count). The van der Waals surface area contributed by atoms with Gasteiger partial charge in [-0.2, -0.15) is 11.8 Å². The van der Waals surface area contributed by atoms with Gasteiger partial charge in [0, 0.05) is 17.4 Å². The van der Waals surface area contributed by atoms with Gasteiger partial charge in [0.25, 0.3) is 0 Å². The number of thioether (sulfide) groups is 1. The van der Waals surface area contributed by atoms with E-state index in [0.717, 1.165) is 24.0 Å². The van der Waals surface area contributed by atoms with Crippen molar-refractivity contribution in [3.8, 4) is 0 Å². The molecule has 2 aromatic rings. The third-order valence-corrected chi connectivity index (χ3v) is 5.74. The number of nitrogens with two attached hydrogens (primary N) is 1. The molecule has 1 saturated heterocycles. The van der Waals surface area contributed by atoms with Gasteiger partial charge in [-0.1, -0.05) is 0 Å². The molecule has 1 atom stereocenters. The van der Waals surface area contributed by atoms with Crippen molar-refractivity contribution in [2.75, 3.05) is 11.5 Å². The fraction of sp³-hybridized carbons (Fsp3) is 0.462. The van der Waals surface area contributed by atoms with Crippen LogP contribution in [0.2, 0.25) is 0 Å². The maximum Gasteiger partial charge on any atom is 0.201 e. The Kier molecular flexibility index (Phi) is 3.25. The van der Waals surface area contributed by atoms with E-state index in [4.69, 9.17) is 5.73 Å². The molecule has 3 nitrogen and oxygen atoms in total. The average molecular weight is 344 g/mol. The summed E-state index contributed by atoms with van der Waals surface area (Å²) >= 11 is 5.14. The SMILES string of the molecule is CC1(Cn2c(N)nc3cc(Br)c(F)cc32)CCCS1. The molecule has 0 radical (unpaired) electrons. The van der Waals surface area contributed by atoms with Gasteiger partial charge in [-0.05, 0) is 47.5 Å². The standard InChI is InChI=1S/C13H15BrFN3S/c1-13(3-2-4-19-13)7-18-11-6-9(15)8(14)5-10(11)17-12(18)16/h5-6H,2-4,7H2,1H3,(H2,16,17). The number of hydrogen-bond acceptors (Lipinski definition) is 3. The lowest BCUT2D eigenvalue weighted by atomic mass is 10.1. The van der Waals surface area contributed by atoms with Gasteiger partial charge < -0.3 is 10.3 Å². The Morgan fingerprint density at radius 2 is 2.37 bits per heavy atom. The number of benzene rings is 1. The van der Waals surface area contributed by atoms with Crippen molar-refractivity contribution in [3.05, 3.63) is 22.4 Å². The number of imidazole rings is 1. The molecule has 0 bridgehead atoms. The summed E-state index contributed by atoms with van der Waals surface area (Å²) in [6.07, 6.45) is 2.39. The number of rotatable bonds is 2. The van der Waals surface area contributed by atoms with E-state index in [2.05, 4.69) is 27.8 Å². The molecule has 102 valence electrons. The van der Waals surface area contributed by atoms with Crippen LogP contribution in [0, 0.1) is 5.82 Å². The number of fused-ring (bicyclic) bond motifs is 1. The molecule has 0 spiro atoms. The number of anilines is 1. The lowest BCUT2D eigenvalue weighted by Crippen LogP contribution is -2.24. The molecule has 0 amide bonds. The highest BCUT2D eigenvalue weighted by Crippen LogP contribution is 2.40. The summed E-state index contributed by atoms with van der Waals surface area (Å²) < 4.78 is 16.2. The van der Waals surface area contributed by atoms with E-state index < -0.39 is 0 Å². The van der Waals surface area contributed by atoms with E-state index in [1.807, 2.05) is 16.3 Å². The van der Waals surface area contributed by atoms with Crippen LogP contribution in [0.5, 0.6) is 0 Å². The summed E-state index contributed by atoms with van der Waals surface area (Å²) in [4.78, 5) is 4.32. The molecule has 0 saturated carbocycles. The van der Waals surface area contributed by atoms with Crippen LogP contribution in [0.15, 0.2) is 16.6 Å². The summed E-state index contributed by atoms with van der Waals surface area (Å²) in [5, 5.41) is 0. The van der Waals surface area contributed by atoms with Crippen molar-refractivity contribution < 1.29 is 4.39 Å². The Labute approximate surface area is 123 Å². The summed E-state index contributed by atoms with van der Waals surface area (Å²) in [6, 6.07) is 3.19. The van der Waals surface area contributed by atoms with Crippen LogP contribution >= 0.6 is 27.7 Å². The fourth-order valence-electron chi connectivity index (χ4n) is 2.60. The predicted molar refractivity (Wildman–Crippen MR) is 81.9 cm³/mol. The smallest absolute Gasteiger partial charge is 0.201 e. The minimum absolute atomic E-state index is 0.172. The molecular formula is C13H15BrFN3S. The maximum absolute atomic E-state index is 13.7. The summed E-state index contributed by atoms with van der Waals surface area (Å²) in [6.45, 7) is 3.02. The zero-order chi connectivity index (χ0) is 13.6. The largest absolute Gasteiger partial charge is 0.369 e. The molecular weight excluding hydrogens is 329 g/mol. The highest BCUT2D eigenvalue weighted by molar-refractivity contribution is 9.10. The van der Waals surface area contributed by atoms with Crippen molar-refractivity contribution in [2.24, 2.45) is 0 Å². The molecule has 2 heterocycles. The van der Waals surface area contributed by atoms with Gasteiger partial charge in [-0.25, -0.2) is 9.37 Å². The van der Waals surface area contributed by atoms with Gasteiger partial charge in [0.1, 0.15) is 5.82 Å². The number of nitrogen functional groups attached to an aromatic ring is 1. The van der Waals surface area contributed by atoms with Crippen molar-refractivity contribution in [1.29, 1.82) is 0 Å². The second-order valence-corrected chi connectivity index (χ2v) is 7.75. The average Bonchev–Trinajstić information content (AvgIpc) is 2.88. The Hall–Kier alpha value is -0.750. The van der Waals surface area contributed by atoms with E-state index in [9.17, 15) is 4.39 Å². The lowest BCUT2D eigenvalue weighted by molar-refractivity contribution is 0.522. The number of halogens is 2.